The maximum Gasteiger partial charge on any atom is 0.417 e. The molecule has 1 aliphatic heterocycles. The normalized spacial score (nSPS) is 15.4. The molecule has 1 aliphatic rings. The first-order valence-corrected chi connectivity index (χ1v) is 9.76. The van der Waals surface area contributed by atoms with E-state index in [2.05, 4.69) is 10.1 Å². The van der Waals surface area contributed by atoms with E-state index < -0.39 is 17.6 Å². The molecule has 1 saturated heterocycles. The van der Waals surface area contributed by atoms with Gasteiger partial charge in [-0.25, -0.2) is 0 Å². The Hall–Kier alpha value is -2.87. The number of rotatable bonds is 3. The molecule has 0 spiro atoms. The molecule has 156 valence electrons. The van der Waals surface area contributed by atoms with Gasteiger partial charge in [-0.05, 0) is 49.2 Å². The van der Waals surface area contributed by atoms with E-state index in [1.165, 1.54) is 23.1 Å². The van der Waals surface area contributed by atoms with E-state index in [9.17, 15) is 18.0 Å². The molecule has 1 aromatic heterocycles. The lowest BCUT2D eigenvalue weighted by Crippen LogP contribution is -2.38. The maximum absolute atomic E-state index is 13.2. The van der Waals surface area contributed by atoms with Crippen molar-refractivity contribution in [3.8, 4) is 11.4 Å². The number of aromatic nitrogens is 2. The van der Waals surface area contributed by atoms with E-state index in [1.54, 1.807) is 24.3 Å². The van der Waals surface area contributed by atoms with Crippen molar-refractivity contribution < 1.29 is 22.5 Å². The Morgan fingerprint density at radius 3 is 2.40 bits per heavy atom. The molecule has 0 saturated carbocycles. The van der Waals surface area contributed by atoms with E-state index in [1.807, 2.05) is 0 Å². The monoisotopic (exact) mass is 435 g/mol. The molecule has 30 heavy (non-hydrogen) atoms. The molecule has 1 fully saturated rings. The van der Waals surface area contributed by atoms with Gasteiger partial charge in [0.25, 0.3) is 5.91 Å². The quantitative estimate of drug-likeness (QED) is 0.550. The van der Waals surface area contributed by atoms with Crippen LogP contribution in [0.15, 0.2) is 53.1 Å². The minimum Gasteiger partial charge on any atom is -0.339 e. The van der Waals surface area contributed by atoms with Crippen LogP contribution >= 0.6 is 11.6 Å². The summed E-state index contributed by atoms with van der Waals surface area (Å²) in [6.45, 7) is 0.628. The van der Waals surface area contributed by atoms with Crippen molar-refractivity contribution in [2.24, 2.45) is 0 Å². The van der Waals surface area contributed by atoms with Crippen molar-refractivity contribution in [1.29, 1.82) is 0 Å². The lowest BCUT2D eigenvalue weighted by molar-refractivity contribution is -0.138. The summed E-state index contributed by atoms with van der Waals surface area (Å²) in [6, 6.07) is 11.9. The highest BCUT2D eigenvalue weighted by atomic mass is 35.5. The minimum absolute atomic E-state index is 0.0551. The summed E-state index contributed by atoms with van der Waals surface area (Å²) in [5, 5.41) is 4.60. The summed E-state index contributed by atoms with van der Waals surface area (Å²) in [4.78, 5) is 18.6. The number of nitrogens with zero attached hydrogens (tertiary/aromatic N) is 3. The van der Waals surface area contributed by atoms with Gasteiger partial charge < -0.3 is 9.42 Å². The molecule has 3 aromatic rings. The van der Waals surface area contributed by atoms with E-state index in [0.717, 1.165) is 11.6 Å². The Morgan fingerprint density at radius 1 is 1.07 bits per heavy atom. The molecular weight excluding hydrogens is 419 g/mol. The van der Waals surface area contributed by atoms with Gasteiger partial charge in [0, 0.05) is 29.6 Å². The number of benzene rings is 2. The Morgan fingerprint density at radius 2 is 1.73 bits per heavy atom. The summed E-state index contributed by atoms with van der Waals surface area (Å²) >= 11 is 5.89. The predicted octanol–water partition coefficient (Wildman–Crippen LogP) is 5.43. The SMILES string of the molecule is O=C(c1ccccc1C(F)(F)F)N1CCC(c2nc(-c3ccc(Cl)cc3)no2)CC1. The zero-order chi connectivity index (χ0) is 21.3. The van der Waals surface area contributed by atoms with E-state index in [4.69, 9.17) is 16.1 Å². The number of carbonyl (C=O) groups is 1. The van der Waals surface area contributed by atoms with Crippen LogP contribution in [0.1, 0.15) is 40.6 Å². The Bertz CT molecular complexity index is 1040. The highest BCUT2D eigenvalue weighted by Gasteiger charge is 2.37. The van der Waals surface area contributed by atoms with Gasteiger partial charge in [-0.3, -0.25) is 4.79 Å². The van der Waals surface area contributed by atoms with Crippen molar-refractivity contribution >= 4 is 17.5 Å². The van der Waals surface area contributed by atoms with Crippen molar-refractivity contribution in [1.82, 2.24) is 15.0 Å². The summed E-state index contributed by atoms with van der Waals surface area (Å²) in [5.74, 6) is 0.233. The van der Waals surface area contributed by atoms with Gasteiger partial charge >= 0.3 is 6.18 Å². The zero-order valence-corrected chi connectivity index (χ0v) is 16.5. The number of piperidine rings is 1. The molecule has 9 heteroatoms. The molecule has 4 rings (SSSR count). The van der Waals surface area contributed by atoms with Gasteiger partial charge in [0.15, 0.2) is 0 Å². The molecule has 1 amide bonds. The second kappa shape index (κ2) is 8.10. The number of amides is 1. The number of hydrogen-bond donors (Lipinski definition) is 0. The van der Waals surface area contributed by atoms with Crippen LogP contribution in [0.3, 0.4) is 0 Å². The lowest BCUT2D eigenvalue weighted by Gasteiger charge is -2.31. The number of alkyl halides is 3. The van der Waals surface area contributed by atoms with Crippen LogP contribution in [-0.4, -0.2) is 34.0 Å². The number of hydrogen-bond acceptors (Lipinski definition) is 4. The topological polar surface area (TPSA) is 59.2 Å². The average molecular weight is 436 g/mol. The van der Waals surface area contributed by atoms with Crippen molar-refractivity contribution in [3.63, 3.8) is 0 Å². The maximum atomic E-state index is 13.2. The first-order chi connectivity index (χ1) is 14.3. The Labute approximate surface area is 175 Å². The third kappa shape index (κ3) is 4.18. The van der Waals surface area contributed by atoms with Gasteiger partial charge in [-0.2, -0.15) is 18.2 Å². The molecule has 0 atom stereocenters. The van der Waals surface area contributed by atoms with Gasteiger partial charge in [0.05, 0.1) is 11.1 Å². The molecule has 2 aromatic carbocycles. The number of halogens is 4. The lowest BCUT2D eigenvalue weighted by atomic mass is 9.95. The summed E-state index contributed by atoms with van der Waals surface area (Å²) in [6.07, 6.45) is -3.52. The van der Waals surface area contributed by atoms with Crippen molar-refractivity contribution in [2.75, 3.05) is 13.1 Å². The zero-order valence-electron chi connectivity index (χ0n) is 15.7. The summed E-state index contributed by atoms with van der Waals surface area (Å²) in [7, 11) is 0. The van der Waals surface area contributed by atoms with E-state index >= 15 is 0 Å². The van der Waals surface area contributed by atoms with E-state index in [-0.39, 0.29) is 11.5 Å². The van der Waals surface area contributed by atoms with Gasteiger partial charge in [-0.1, -0.05) is 28.9 Å². The van der Waals surface area contributed by atoms with Crippen LogP contribution in [0.25, 0.3) is 11.4 Å². The standard InChI is InChI=1S/C21H17ClF3N3O2/c22-15-7-5-13(6-8-15)18-26-19(30-27-18)14-9-11-28(12-10-14)20(29)16-3-1-2-4-17(16)21(23,24)25/h1-8,14H,9-12H2. The summed E-state index contributed by atoms with van der Waals surface area (Å²) in [5.41, 5.74) is -0.473. The highest BCUT2D eigenvalue weighted by molar-refractivity contribution is 6.30. The number of likely N-dealkylation sites (tertiary alicyclic amines) is 1. The smallest absolute Gasteiger partial charge is 0.339 e. The molecule has 0 bridgehead atoms. The molecule has 2 heterocycles. The molecule has 0 radical (unpaired) electrons. The van der Waals surface area contributed by atoms with Gasteiger partial charge in [0.1, 0.15) is 0 Å². The second-order valence-corrected chi connectivity index (χ2v) is 7.51. The Balaban J connectivity index is 1.44. The largest absolute Gasteiger partial charge is 0.417 e. The van der Waals surface area contributed by atoms with Crippen LogP contribution in [0, 0.1) is 0 Å². The molecule has 5 nitrogen and oxygen atoms in total. The molecule has 0 aliphatic carbocycles. The fraction of sp³-hybridized carbons (Fsp3) is 0.286. The van der Waals surface area contributed by atoms with Crippen molar-refractivity contribution in [2.45, 2.75) is 24.9 Å². The fourth-order valence-electron chi connectivity index (χ4n) is 3.53. The predicted molar refractivity (Wildman–Crippen MR) is 104 cm³/mol. The van der Waals surface area contributed by atoms with Gasteiger partial charge in [0.2, 0.25) is 11.7 Å². The summed E-state index contributed by atoms with van der Waals surface area (Å²) < 4.78 is 45.0. The highest BCUT2D eigenvalue weighted by Crippen LogP contribution is 2.34. The van der Waals surface area contributed by atoms with Crippen LogP contribution in [0.5, 0.6) is 0 Å². The first-order valence-electron chi connectivity index (χ1n) is 9.38. The van der Waals surface area contributed by atoms with Crippen LogP contribution in [-0.2, 0) is 6.18 Å². The van der Waals surface area contributed by atoms with Crippen LogP contribution in [0.2, 0.25) is 5.02 Å². The van der Waals surface area contributed by atoms with E-state index in [0.29, 0.717) is 42.7 Å². The molecular formula is C21H17ClF3N3O2. The minimum atomic E-state index is -4.58. The molecule has 0 unspecified atom stereocenters. The second-order valence-electron chi connectivity index (χ2n) is 7.07. The third-order valence-corrected chi connectivity index (χ3v) is 5.39. The van der Waals surface area contributed by atoms with Crippen LogP contribution in [0.4, 0.5) is 13.2 Å². The van der Waals surface area contributed by atoms with Gasteiger partial charge in [-0.15, -0.1) is 0 Å². The Kier molecular flexibility index (Phi) is 5.51. The average Bonchev–Trinajstić information content (AvgIpc) is 3.23. The first kappa shape index (κ1) is 20.4. The molecule has 0 N–H and O–H groups in total. The van der Waals surface area contributed by atoms with Crippen molar-refractivity contribution in [3.05, 3.63) is 70.6 Å². The fourth-order valence-corrected chi connectivity index (χ4v) is 3.66. The number of carbonyl (C=O) groups excluding carboxylic acids is 1. The third-order valence-electron chi connectivity index (χ3n) is 5.14. The van der Waals surface area contributed by atoms with Crippen LogP contribution < -0.4 is 0 Å².